The first-order chi connectivity index (χ1) is 14.7. The number of carbonyl (C=O) groups excluding carboxylic acids is 2. The van der Waals surface area contributed by atoms with Gasteiger partial charge in [0.25, 0.3) is 5.91 Å². The van der Waals surface area contributed by atoms with Crippen molar-refractivity contribution in [1.29, 1.82) is 0 Å². The molecule has 2 aromatic carbocycles. The number of amides is 1. The summed E-state index contributed by atoms with van der Waals surface area (Å²) in [5.74, 6) is 0.692. The summed E-state index contributed by atoms with van der Waals surface area (Å²) < 4.78 is 11.1. The highest BCUT2D eigenvalue weighted by atomic mass is 16.5. The van der Waals surface area contributed by atoms with E-state index >= 15 is 0 Å². The lowest BCUT2D eigenvalue weighted by molar-refractivity contribution is -0.897. The third-order valence-corrected chi connectivity index (χ3v) is 6.00. The number of nitrogens with one attached hydrogen (secondary N) is 1. The smallest absolute Gasteiger partial charge is 0.309 e. The van der Waals surface area contributed by atoms with Gasteiger partial charge in [-0.3, -0.25) is 14.5 Å². The van der Waals surface area contributed by atoms with Crippen molar-refractivity contribution in [3.63, 3.8) is 0 Å². The number of hydrogen-bond acceptors (Lipinski definition) is 4. The number of nitrogens with zero attached hydrogens (tertiary/aromatic N) is 1. The summed E-state index contributed by atoms with van der Waals surface area (Å²) >= 11 is 0. The summed E-state index contributed by atoms with van der Waals surface area (Å²) in [6.45, 7) is 4.71. The van der Waals surface area contributed by atoms with E-state index in [-0.39, 0.29) is 23.8 Å². The topological polar surface area (TPSA) is 60.3 Å². The minimum atomic E-state index is -0.148. The number of piperidine rings is 1. The number of ether oxygens (including phenoxy) is 2. The molecule has 2 heterocycles. The zero-order valence-electron chi connectivity index (χ0n) is 17.4. The number of para-hydroxylation sites is 2. The van der Waals surface area contributed by atoms with E-state index in [4.69, 9.17) is 9.47 Å². The number of likely N-dealkylation sites (tertiary alicyclic amines) is 1. The molecule has 2 aliphatic heterocycles. The maximum absolute atomic E-state index is 13.5. The van der Waals surface area contributed by atoms with Crippen molar-refractivity contribution < 1.29 is 24.0 Å². The quantitative estimate of drug-likeness (QED) is 0.768. The fraction of sp³-hybridized carbons (Fsp3) is 0.417. The first kappa shape index (κ1) is 20.4. The van der Waals surface area contributed by atoms with Crippen molar-refractivity contribution in [2.45, 2.75) is 25.8 Å². The van der Waals surface area contributed by atoms with Crippen LogP contribution < -0.4 is 14.5 Å². The van der Waals surface area contributed by atoms with Gasteiger partial charge < -0.3 is 14.4 Å². The number of carbonyl (C=O) groups is 2. The SMILES string of the molecule is CCOC(=O)C1CC[NH+](CC(=O)N2c3ccccc3OC[C@H]2c2ccccc2)CC1. The van der Waals surface area contributed by atoms with E-state index < -0.39 is 0 Å². The van der Waals surface area contributed by atoms with Crippen molar-refractivity contribution in [2.24, 2.45) is 5.92 Å². The highest BCUT2D eigenvalue weighted by Crippen LogP contribution is 2.39. The van der Waals surface area contributed by atoms with E-state index in [1.54, 1.807) is 0 Å². The molecule has 2 aromatic rings. The van der Waals surface area contributed by atoms with Crippen molar-refractivity contribution >= 4 is 17.6 Å². The van der Waals surface area contributed by atoms with E-state index in [0.717, 1.165) is 42.9 Å². The van der Waals surface area contributed by atoms with Crippen LogP contribution in [0.5, 0.6) is 5.75 Å². The predicted octanol–water partition coefficient (Wildman–Crippen LogP) is 2.01. The van der Waals surface area contributed by atoms with Gasteiger partial charge in [-0.2, -0.15) is 0 Å². The van der Waals surface area contributed by atoms with Crippen molar-refractivity contribution in [3.05, 3.63) is 60.2 Å². The first-order valence-electron chi connectivity index (χ1n) is 10.8. The Hall–Kier alpha value is -2.86. The molecule has 1 amide bonds. The molecule has 1 saturated heterocycles. The van der Waals surface area contributed by atoms with Gasteiger partial charge in [-0.15, -0.1) is 0 Å². The van der Waals surface area contributed by atoms with E-state index in [1.165, 1.54) is 4.90 Å². The maximum Gasteiger partial charge on any atom is 0.309 e. The molecule has 0 radical (unpaired) electrons. The van der Waals surface area contributed by atoms with Gasteiger partial charge in [-0.1, -0.05) is 42.5 Å². The average Bonchev–Trinajstić information content (AvgIpc) is 2.79. The second-order valence-electron chi connectivity index (χ2n) is 7.92. The van der Waals surface area contributed by atoms with Gasteiger partial charge in [0.1, 0.15) is 12.4 Å². The van der Waals surface area contributed by atoms with Crippen molar-refractivity contribution in [3.8, 4) is 5.75 Å². The van der Waals surface area contributed by atoms with Crippen LogP contribution in [0.1, 0.15) is 31.4 Å². The van der Waals surface area contributed by atoms with Crippen LogP contribution in [0.2, 0.25) is 0 Å². The van der Waals surface area contributed by atoms with Crippen LogP contribution in [0.15, 0.2) is 54.6 Å². The minimum Gasteiger partial charge on any atom is -0.489 e. The molecule has 158 valence electrons. The number of hydrogen-bond donors (Lipinski definition) is 1. The zero-order chi connectivity index (χ0) is 20.9. The van der Waals surface area contributed by atoms with Gasteiger partial charge in [0.15, 0.2) is 6.54 Å². The summed E-state index contributed by atoms with van der Waals surface area (Å²) in [6, 6.07) is 17.6. The summed E-state index contributed by atoms with van der Waals surface area (Å²) in [4.78, 5) is 28.6. The Bertz CT molecular complexity index is 878. The van der Waals surface area contributed by atoms with Gasteiger partial charge in [0.05, 0.1) is 37.3 Å². The van der Waals surface area contributed by atoms with Crippen molar-refractivity contribution in [2.75, 3.05) is 37.7 Å². The zero-order valence-corrected chi connectivity index (χ0v) is 17.4. The Labute approximate surface area is 177 Å². The third-order valence-electron chi connectivity index (χ3n) is 6.00. The van der Waals surface area contributed by atoms with Gasteiger partial charge >= 0.3 is 5.97 Å². The normalized spacial score (nSPS) is 23.2. The molecule has 0 aromatic heterocycles. The van der Waals surface area contributed by atoms with E-state index in [1.807, 2.05) is 66.4 Å². The fourth-order valence-electron chi connectivity index (χ4n) is 4.42. The lowest BCUT2D eigenvalue weighted by Gasteiger charge is -2.38. The highest BCUT2D eigenvalue weighted by molar-refractivity contribution is 5.96. The highest BCUT2D eigenvalue weighted by Gasteiger charge is 2.36. The molecule has 30 heavy (non-hydrogen) atoms. The van der Waals surface area contributed by atoms with Crippen LogP contribution in [-0.4, -0.2) is 44.7 Å². The lowest BCUT2D eigenvalue weighted by Crippen LogP contribution is -3.14. The Morgan fingerprint density at radius 3 is 2.50 bits per heavy atom. The van der Waals surface area contributed by atoms with Crippen LogP contribution in [0.4, 0.5) is 5.69 Å². The molecular weight excluding hydrogens is 380 g/mol. The molecule has 1 N–H and O–H groups in total. The van der Waals surface area contributed by atoms with E-state index in [9.17, 15) is 9.59 Å². The number of anilines is 1. The molecule has 2 aliphatic rings. The Morgan fingerprint density at radius 2 is 1.77 bits per heavy atom. The number of esters is 1. The molecular formula is C24H29N2O4+. The standard InChI is InChI=1S/C24H28N2O4/c1-2-29-24(28)19-12-14-25(15-13-19)16-23(27)26-20-10-6-7-11-22(20)30-17-21(26)18-8-4-3-5-9-18/h3-11,19,21H,2,12-17H2,1H3/p+1/t21-/m0/s1. The van der Waals surface area contributed by atoms with Crippen LogP contribution >= 0.6 is 0 Å². The number of rotatable bonds is 5. The predicted molar refractivity (Wildman–Crippen MR) is 114 cm³/mol. The molecule has 1 atom stereocenters. The van der Waals surface area contributed by atoms with E-state index in [2.05, 4.69) is 0 Å². The molecule has 6 heteroatoms. The maximum atomic E-state index is 13.5. The average molecular weight is 410 g/mol. The molecule has 0 unspecified atom stereocenters. The third kappa shape index (κ3) is 4.33. The van der Waals surface area contributed by atoms with Gasteiger partial charge in [-0.05, 0) is 24.6 Å². The molecule has 0 aliphatic carbocycles. The van der Waals surface area contributed by atoms with Gasteiger partial charge in [0.2, 0.25) is 0 Å². The van der Waals surface area contributed by atoms with Gasteiger partial charge in [0, 0.05) is 12.8 Å². The van der Waals surface area contributed by atoms with Crippen LogP contribution in [0.25, 0.3) is 0 Å². The summed E-state index contributed by atoms with van der Waals surface area (Å²) in [5.41, 5.74) is 1.89. The molecule has 0 spiro atoms. The summed E-state index contributed by atoms with van der Waals surface area (Å²) in [6.07, 6.45) is 1.53. The minimum absolute atomic E-state index is 0.0371. The lowest BCUT2D eigenvalue weighted by atomic mass is 9.97. The van der Waals surface area contributed by atoms with Gasteiger partial charge in [-0.25, -0.2) is 0 Å². The summed E-state index contributed by atoms with van der Waals surface area (Å²) in [5, 5.41) is 0. The molecule has 1 fully saturated rings. The van der Waals surface area contributed by atoms with E-state index in [0.29, 0.717) is 19.8 Å². The number of fused-ring (bicyclic) bond motifs is 1. The molecule has 0 saturated carbocycles. The number of benzene rings is 2. The van der Waals surface area contributed by atoms with Crippen LogP contribution in [0, 0.1) is 5.92 Å². The second-order valence-corrected chi connectivity index (χ2v) is 7.92. The monoisotopic (exact) mass is 409 g/mol. The second kappa shape index (κ2) is 9.30. The Balaban J connectivity index is 1.49. The van der Waals surface area contributed by atoms with Crippen LogP contribution in [-0.2, 0) is 14.3 Å². The summed E-state index contributed by atoms with van der Waals surface area (Å²) in [7, 11) is 0. The largest absolute Gasteiger partial charge is 0.489 e. The number of quaternary nitrogens is 1. The van der Waals surface area contributed by atoms with Crippen LogP contribution in [0.3, 0.4) is 0 Å². The molecule has 4 rings (SSSR count). The molecule has 0 bridgehead atoms. The Kier molecular flexibility index (Phi) is 6.33. The Morgan fingerprint density at radius 1 is 1.07 bits per heavy atom. The van der Waals surface area contributed by atoms with Crippen molar-refractivity contribution in [1.82, 2.24) is 0 Å². The fourth-order valence-corrected chi connectivity index (χ4v) is 4.42. The first-order valence-corrected chi connectivity index (χ1v) is 10.8. The molecule has 6 nitrogen and oxygen atoms in total.